The van der Waals surface area contributed by atoms with Gasteiger partial charge in [0.05, 0.1) is 11.1 Å². The fraction of sp³-hybridized carbons (Fsp3) is 0.250. The summed E-state index contributed by atoms with van der Waals surface area (Å²) < 4.78 is 10.7. The fourth-order valence-electron chi connectivity index (χ4n) is 2.16. The summed E-state index contributed by atoms with van der Waals surface area (Å²) in [4.78, 5) is 0. The van der Waals surface area contributed by atoms with Gasteiger partial charge in [-0.15, -0.1) is 0 Å². The Morgan fingerprint density at radius 3 is 2.48 bits per heavy atom. The molecule has 0 saturated carbocycles. The number of phenols is 2. The van der Waals surface area contributed by atoms with Crippen molar-refractivity contribution in [3.63, 3.8) is 0 Å². The first-order chi connectivity index (χ1) is 10.1. The van der Waals surface area contributed by atoms with Crippen LogP contribution in [0.25, 0.3) is 11.1 Å². The number of hydrogen-bond acceptors (Lipinski definition) is 4. The number of benzene rings is 2. The number of ether oxygens (including phenoxy) is 2. The van der Waals surface area contributed by atoms with E-state index in [2.05, 4.69) is 15.9 Å². The highest BCUT2D eigenvalue weighted by Crippen LogP contribution is 2.42. The molecule has 0 unspecified atom stereocenters. The Bertz CT molecular complexity index is 599. The number of hydrogen-bond donors (Lipinski definition) is 2. The quantitative estimate of drug-likeness (QED) is 0.614. The summed E-state index contributed by atoms with van der Waals surface area (Å²) in [7, 11) is 1.56. The molecule has 2 N–H and O–H groups in total. The lowest BCUT2D eigenvalue weighted by molar-refractivity contribution is -0.0291. The van der Waals surface area contributed by atoms with E-state index in [1.165, 1.54) is 6.07 Å². The molecule has 2 rings (SSSR count). The second kappa shape index (κ2) is 7.45. The highest BCUT2D eigenvalue weighted by atomic mass is 79.9. The maximum absolute atomic E-state index is 10.2. The minimum absolute atomic E-state index is 0.00826. The average molecular weight is 353 g/mol. The van der Waals surface area contributed by atoms with Gasteiger partial charge in [0.25, 0.3) is 0 Å². The van der Waals surface area contributed by atoms with E-state index >= 15 is 0 Å². The molecular weight excluding hydrogens is 336 g/mol. The minimum Gasteiger partial charge on any atom is -0.507 e. The molecule has 0 bridgehead atoms. The largest absolute Gasteiger partial charge is 0.507 e. The van der Waals surface area contributed by atoms with E-state index in [0.717, 1.165) is 11.1 Å². The molecule has 0 aliphatic heterocycles. The summed E-state index contributed by atoms with van der Waals surface area (Å²) in [6.07, 6.45) is 0.538. The van der Waals surface area contributed by atoms with Crippen molar-refractivity contribution in [1.29, 1.82) is 0 Å². The normalized spacial score (nSPS) is 10.8. The summed E-state index contributed by atoms with van der Waals surface area (Å²) in [5.41, 5.74) is 2.38. The van der Waals surface area contributed by atoms with Crippen LogP contribution in [-0.2, 0) is 15.9 Å². The number of rotatable bonds is 6. The molecule has 0 aliphatic carbocycles. The van der Waals surface area contributed by atoms with Crippen LogP contribution >= 0.6 is 15.9 Å². The molecule has 0 fully saturated rings. The predicted molar refractivity (Wildman–Crippen MR) is 84.4 cm³/mol. The fourth-order valence-corrected chi connectivity index (χ4v) is 2.67. The molecule has 2 aromatic carbocycles. The molecule has 4 nitrogen and oxygen atoms in total. The van der Waals surface area contributed by atoms with Gasteiger partial charge in [0.2, 0.25) is 0 Å². The van der Waals surface area contributed by atoms with E-state index in [9.17, 15) is 10.2 Å². The molecular formula is C16H17BrO4. The standard InChI is InChI=1S/C16H17BrO4/c1-20-10-21-8-7-12-15(11-5-3-2-4-6-11)13(18)9-14(19)16(12)17/h2-6,9,18-19H,7-8,10H2,1H3. The van der Waals surface area contributed by atoms with Gasteiger partial charge in [0.1, 0.15) is 18.3 Å². The molecule has 21 heavy (non-hydrogen) atoms. The van der Waals surface area contributed by atoms with Crippen LogP contribution in [0.15, 0.2) is 40.9 Å². The predicted octanol–water partition coefficient (Wildman–Crippen LogP) is 3.69. The van der Waals surface area contributed by atoms with E-state index < -0.39 is 0 Å². The van der Waals surface area contributed by atoms with Gasteiger partial charge < -0.3 is 19.7 Å². The highest BCUT2D eigenvalue weighted by molar-refractivity contribution is 9.10. The zero-order valence-electron chi connectivity index (χ0n) is 11.7. The summed E-state index contributed by atoms with van der Waals surface area (Å²) in [6, 6.07) is 10.9. The summed E-state index contributed by atoms with van der Waals surface area (Å²) in [5.74, 6) is 0.0533. The van der Waals surface area contributed by atoms with Gasteiger partial charge in [-0.05, 0) is 33.5 Å². The number of methoxy groups -OCH3 is 1. The van der Waals surface area contributed by atoms with Crippen LogP contribution in [0.3, 0.4) is 0 Å². The summed E-state index contributed by atoms with van der Waals surface area (Å²) in [6.45, 7) is 0.637. The van der Waals surface area contributed by atoms with Crippen LogP contribution < -0.4 is 0 Å². The molecule has 112 valence electrons. The maximum atomic E-state index is 10.2. The molecule has 0 aromatic heterocycles. The van der Waals surface area contributed by atoms with Crippen molar-refractivity contribution in [3.05, 3.63) is 46.4 Å². The Kier molecular flexibility index (Phi) is 5.61. The van der Waals surface area contributed by atoms with Gasteiger partial charge in [-0.3, -0.25) is 0 Å². The van der Waals surface area contributed by atoms with E-state index in [-0.39, 0.29) is 18.3 Å². The number of halogens is 1. The lowest BCUT2D eigenvalue weighted by Crippen LogP contribution is -2.03. The van der Waals surface area contributed by atoms with E-state index in [1.54, 1.807) is 7.11 Å². The highest BCUT2D eigenvalue weighted by Gasteiger charge is 2.17. The zero-order chi connectivity index (χ0) is 15.2. The van der Waals surface area contributed by atoms with Crippen LogP contribution in [0.1, 0.15) is 5.56 Å². The smallest absolute Gasteiger partial charge is 0.146 e. The lowest BCUT2D eigenvalue weighted by Gasteiger charge is -2.15. The molecule has 0 radical (unpaired) electrons. The average Bonchev–Trinajstić information content (AvgIpc) is 2.49. The molecule has 0 amide bonds. The van der Waals surface area contributed by atoms with Crippen LogP contribution in [-0.4, -0.2) is 30.7 Å². The van der Waals surface area contributed by atoms with Crippen molar-refractivity contribution in [2.24, 2.45) is 0 Å². The second-order valence-electron chi connectivity index (χ2n) is 4.51. The van der Waals surface area contributed by atoms with E-state index in [0.29, 0.717) is 23.1 Å². The zero-order valence-corrected chi connectivity index (χ0v) is 13.3. The Labute approximate surface area is 132 Å². The van der Waals surface area contributed by atoms with Crippen molar-refractivity contribution in [3.8, 4) is 22.6 Å². The Morgan fingerprint density at radius 2 is 1.81 bits per heavy atom. The molecule has 0 spiro atoms. The summed E-state index contributed by atoms with van der Waals surface area (Å²) in [5, 5.41) is 20.1. The molecule has 0 atom stereocenters. The second-order valence-corrected chi connectivity index (χ2v) is 5.31. The number of phenolic OH excluding ortho intramolecular Hbond substituents is 2. The van der Waals surface area contributed by atoms with Crippen LogP contribution in [0.4, 0.5) is 0 Å². The van der Waals surface area contributed by atoms with Gasteiger partial charge in [-0.25, -0.2) is 0 Å². The third-order valence-electron chi connectivity index (χ3n) is 3.08. The number of aromatic hydroxyl groups is 2. The Hall–Kier alpha value is -1.56. The molecule has 0 aliphatic rings. The molecule has 0 saturated heterocycles. The summed E-state index contributed by atoms with van der Waals surface area (Å²) >= 11 is 3.38. The maximum Gasteiger partial charge on any atom is 0.146 e. The van der Waals surface area contributed by atoms with Gasteiger partial charge in [-0.1, -0.05) is 30.3 Å². The SMILES string of the molecule is COCOCCc1c(Br)c(O)cc(O)c1-c1ccccc1. The van der Waals surface area contributed by atoms with Crippen molar-refractivity contribution in [1.82, 2.24) is 0 Å². The van der Waals surface area contributed by atoms with Crippen LogP contribution in [0.5, 0.6) is 11.5 Å². The van der Waals surface area contributed by atoms with Crippen molar-refractivity contribution >= 4 is 15.9 Å². The monoisotopic (exact) mass is 352 g/mol. The van der Waals surface area contributed by atoms with Gasteiger partial charge in [0.15, 0.2) is 0 Å². The first-order valence-electron chi connectivity index (χ1n) is 6.50. The van der Waals surface area contributed by atoms with Crippen LogP contribution in [0, 0.1) is 0 Å². The van der Waals surface area contributed by atoms with Crippen molar-refractivity contribution in [2.75, 3.05) is 20.5 Å². The minimum atomic E-state index is 0.00826. The Balaban J connectivity index is 2.40. The third-order valence-corrected chi connectivity index (χ3v) is 3.97. The van der Waals surface area contributed by atoms with Gasteiger partial charge in [-0.2, -0.15) is 0 Å². The first kappa shape index (κ1) is 15.8. The molecule has 5 heteroatoms. The third kappa shape index (κ3) is 3.75. The Morgan fingerprint density at radius 1 is 1.10 bits per heavy atom. The lowest BCUT2D eigenvalue weighted by atomic mass is 9.96. The topological polar surface area (TPSA) is 58.9 Å². The van der Waals surface area contributed by atoms with Crippen LogP contribution in [0.2, 0.25) is 0 Å². The van der Waals surface area contributed by atoms with E-state index in [4.69, 9.17) is 9.47 Å². The molecule has 2 aromatic rings. The van der Waals surface area contributed by atoms with Crippen molar-refractivity contribution in [2.45, 2.75) is 6.42 Å². The van der Waals surface area contributed by atoms with Gasteiger partial charge >= 0.3 is 0 Å². The van der Waals surface area contributed by atoms with Gasteiger partial charge in [0, 0.05) is 18.7 Å². The van der Waals surface area contributed by atoms with E-state index in [1.807, 2.05) is 30.3 Å². The van der Waals surface area contributed by atoms with Crippen molar-refractivity contribution < 1.29 is 19.7 Å². The molecule has 0 heterocycles. The first-order valence-corrected chi connectivity index (χ1v) is 7.30.